The number of nitrogens with zero attached hydrogens (tertiary/aromatic N) is 2. The van der Waals surface area contributed by atoms with Crippen molar-refractivity contribution in [2.75, 3.05) is 59.0 Å². The molecule has 1 atom stereocenters. The van der Waals surface area contributed by atoms with Crippen LogP contribution in [0.1, 0.15) is 34.6 Å². The van der Waals surface area contributed by atoms with Crippen molar-refractivity contribution in [3.8, 4) is 0 Å². The fraction of sp³-hybridized carbons (Fsp3) is 0.889. The van der Waals surface area contributed by atoms with Crippen LogP contribution in [0.3, 0.4) is 0 Å². The van der Waals surface area contributed by atoms with Crippen LogP contribution in [0, 0.1) is 5.92 Å². The minimum atomic E-state index is -0.482. The van der Waals surface area contributed by atoms with Crippen LogP contribution in [-0.2, 0) is 9.47 Å². The van der Waals surface area contributed by atoms with E-state index in [1.807, 2.05) is 27.7 Å². The molecule has 1 unspecified atom stereocenters. The van der Waals surface area contributed by atoms with Gasteiger partial charge in [0.2, 0.25) is 0 Å². The van der Waals surface area contributed by atoms with E-state index >= 15 is 0 Å². The van der Waals surface area contributed by atoms with Gasteiger partial charge in [-0.1, -0.05) is 6.92 Å². The number of morpholine rings is 1. The SMILES string of the molecule is CCNC(=NCC(C)CN1CCOCC1)NCCNC(=O)OC(C)(C)C.I. The molecular formula is C18H38IN5O3. The number of carbonyl (C=O) groups excluding carboxylic acids is 1. The number of ether oxygens (including phenoxy) is 2. The number of nitrogens with one attached hydrogen (secondary N) is 3. The number of carbonyl (C=O) groups is 1. The van der Waals surface area contributed by atoms with Gasteiger partial charge >= 0.3 is 6.09 Å². The third kappa shape index (κ3) is 13.9. The van der Waals surface area contributed by atoms with E-state index in [9.17, 15) is 4.79 Å². The Morgan fingerprint density at radius 2 is 1.81 bits per heavy atom. The van der Waals surface area contributed by atoms with Gasteiger partial charge in [-0.25, -0.2) is 4.79 Å². The summed E-state index contributed by atoms with van der Waals surface area (Å²) in [5.41, 5.74) is -0.482. The number of rotatable bonds is 8. The molecule has 1 aliphatic rings. The number of halogens is 1. The number of aliphatic imine (C=N–C) groups is 1. The Balaban J connectivity index is 0.00000676. The van der Waals surface area contributed by atoms with Crippen LogP contribution in [0.15, 0.2) is 4.99 Å². The molecule has 3 N–H and O–H groups in total. The van der Waals surface area contributed by atoms with Gasteiger partial charge in [0.05, 0.1) is 13.2 Å². The van der Waals surface area contributed by atoms with E-state index in [-0.39, 0.29) is 24.0 Å². The van der Waals surface area contributed by atoms with Crippen molar-refractivity contribution < 1.29 is 14.3 Å². The molecule has 8 nitrogen and oxygen atoms in total. The Bertz CT molecular complexity index is 437. The molecule has 1 amide bonds. The average molecular weight is 499 g/mol. The number of guanidine groups is 1. The zero-order valence-corrected chi connectivity index (χ0v) is 19.8. The van der Waals surface area contributed by atoms with Gasteiger partial charge in [0, 0.05) is 45.8 Å². The van der Waals surface area contributed by atoms with Gasteiger partial charge in [0.1, 0.15) is 5.60 Å². The fourth-order valence-corrected chi connectivity index (χ4v) is 2.53. The second kappa shape index (κ2) is 14.2. The Kier molecular flexibility index (Phi) is 13.8. The maximum absolute atomic E-state index is 11.6. The van der Waals surface area contributed by atoms with Crippen LogP contribution >= 0.6 is 24.0 Å². The zero-order valence-electron chi connectivity index (χ0n) is 17.5. The normalized spacial score (nSPS) is 16.9. The first-order valence-electron chi connectivity index (χ1n) is 9.59. The quantitative estimate of drug-likeness (QED) is 0.204. The van der Waals surface area contributed by atoms with Crippen LogP contribution < -0.4 is 16.0 Å². The first kappa shape index (κ1) is 26.2. The zero-order chi connectivity index (χ0) is 19.4. The van der Waals surface area contributed by atoms with E-state index in [0.29, 0.717) is 19.0 Å². The van der Waals surface area contributed by atoms with Gasteiger partial charge < -0.3 is 25.4 Å². The Morgan fingerprint density at radius 3 is 2.41 bits per heavy atom. The largest absolute Gasteiger partial charge is 0.444 e. The van der Waals surface area contributed by atoms with Gasteiger partial charge in [-0.15, -0.1) is 24.0 Å². The Hall–Kier alpha value is -0.810. The van der Waals surface area contributed by atoms with Crippen LogP contribution in [0.2, 0.25) is 0 Å². The second-order valence-electron chi connectivity index (χ2n) is 7.59. The Morgan fingerprint density at radius 1 is 1.19 bits per heavy atom. The first-order chi connectivity index (χ1) is 12.3. The molecule has 0 aromatic carbocycles. The van der Waals surface area contributed by atoms with Gasteiger partial charge in [-0.3, -0.25) is 9.89 Å². The van der Waals surface area contributed by atoms with Crippen molar-refractivity contribution in [3.05, 3.63) is 0 Å². The summed E-state index contributed by atoms with van der Waals surface area (Å²) in [5, 5.41) is 9.19. The first-order valence-corrected chi connectivity index (χ1v) is 9.59. The van der Waals surface area contributed by atoms with Crippen LogP contribution in [0.4, 0.5) is 4.79 Å². The molecule has 27 heavy (non-hydrogen) atoms. The van der Waals surface area contributed by atoms with Crippen LogP contribution in [0.25, 0.3) is 0 Å². The molecule has 0 bridgehead atoms. The van der Waals surface area contributed by atoms with Crippen molar-refractivity contribution in [2.45, 2.75) is 40.2 Å². The van der Waals surface area contributed by atoms with E-state index in [0.717, 1.165) is 51.9 Å². The molecule has 0 radical (unpaired) electrons. The third-order valence-electron chi connectivity index (χ3n) is 3.66. The fourth-order valence-electron chi connectivity index (χ4n) is 2.53. The molecule has 1 aliphatic heterocycles. The third-order valence-corrected chi connectivity index (χ3v) is 3.66. The van der Waals surface area contributed by atoms with E-state index < -0.39 is 11.7 Å². The minimum Gasteiger partial charge on any atom is -0.444 e. The minimum absolute atomic E-state index is 0. The summed E-state index contributed by atoms with van der Waals surface area (Å²) in [5.74, 6) is 1.25. The van der Waals surface area contributed by atoms with Crippen molar-refractivity contribution in [3.63, 3.8) is 0 Å². The molecule has 1 rings (SSSR count). The highest BCUT2D eigenvalue weighted by molar-refractivity contribution is 14.0. The smallest absolute Gasteiger partial charge is 0.407 e. The number of hydrogen-bond donors (Lipinski definition) is 3. The van der Waals surface area contributed by atoms with E-state index in [1.165, 1.54) is 0 Å². The number of amides is 1. The van der Waals surface area contributed by atoms with Gasteiger partial charge in [-0.05, 0) is 33.6 Å². The summed E-state index contributed by atoms with van der Waals surface area (Å²) < 4.78 is 10.6. The molecule has 0 aliphatic carbocycles. The molecular weight excluding hydrogens is 461 g/mol. The van der Waals surface area contributed by atoms with E-state index in [4.69, 9.17) is 9.47 Å². The van der Waals surface area contributed by atoms with Gasteiger partial charge in [0.15, 0.2) is 5.96 Å². The topological polar surface area (TPSA) is 87.2 Å². The molecule has 1 heterocycles. The predicted molar refractivity (Wildman–Crippen MR) is 120 cm³/mol. The molecule has 1 saturated heterocycles. The Labute approximate surface area is 181 Å². The predicted octanol–water partition coefficient (Wildman–Crippen LogP) is 1.65. The molecule has 0 spiro atoms. The summed E-state index contributed by atoms with van der Waals surface area (Å²) in [6.45, 7) is 17.1. The van der Waals surface area contributed by atoms with Gasteiger partial charge in [-0.2, -0.15) is 0 Å². The molecule has 0 saturated carbocycles. The standard InChI is InChI=1S/C18H37N5O3.HI/c1-6-19-16(20-7-8-21-17(24)26-18(3,4)5)22-13-15(2)14-23-9-11-25-12-10-23;/h15H,6-14H2,1-5H3,(H,21,24)(H2,19,20,22);1H. The van der Waals surface area contributed by atoms with E-state index in [2.05, 4.69) is 32.8 Å². The summed E-state index contributed by atoms with van der Waals surface area (Å²) in [7, 11) is 0. The van der Waals surface area contributed by atoms with Crippen molar-refractivity contribution >= 4 is 36.0 Å². The van der Waals surface area contributed by atoms with E-state index in [1.54, 1.807) is 0 Å². The molecule has 0 aromatic rings. The molecule has 0 aromatic heterocycles. The highest BCUT2D eigenvalue weighted by atomic mass is 127. The molecule has 1 fully saturated rings. The van der Waals surface area contributed by atoms with Crippen LogP contribution in [0.5, 0.6) is 0 Å². The lowest BCUT2D eigenvalue weighted by atomic mass is 10.1. The summed E-state index contributed by atoms with van der Waals surface area (Å²) in [6.07, 6.45) is -0.402. The number of alkyl carbamates (subject to hydrolysis) is 1. The highest BCUT2D eigenvalue weighted by Gasteiger charge is 2.15. The maximum atomic E-state index is 11.6. The lowest BCUT2D eigenvalue weighted by Gasteiger charge is -2.28. The van der Waals surface area contributed by atoms with Crippen molar-refractivity contribution in [1.29, 1.82) is 0 Å². The average Bonchev–Trinajstić information content (AvgIpc) is 2.55. The van der Waals surface area contributed by atoms with Gasteiger partial charge in [0.25, 0.3) is 0 Å². The molecule has 9 heteroatoms. The van der Waals surface area contributed by atoms with Crippen LogP contribution in [-0.4, -0.2) is 81.6 Å². The monoisotopic (exact) mass is 499 g/mol. The maximum Gasteiger partial charge on any atom is 0.407 e. The lowest BCUT2D eigenvalue weighted by molar-refractivity contribution is 0.0323. The molecule has 160 valence electrons. The summed E-state index contributed by atoms with van der Waals surface area (Å²) in [6, 6.07) is 0. The second-order valence-corrected chi connectivity index (χ2v) is 7.59. The number of hydrogen-bond acceptors (Lipinski definition) is 5. The summed E-state index contributed by atoms with van der Waals surface area (Å²) in [4.78, 5) is 18.7. The summed E-state index contributed by atoms with van der Waals surface area (Å²) >= 11 is 0. The van der Waals surface area contributed by atoms with Crippen molar-refractivity contribution in [2.24, 2.45) is 10.9 Å². The lowest BCUT2D eigenvalue weighted by Crippen LogP contribution is -2.43. The highest BCUT2D eigenvalue weighted by Crippen LogP contribution is 2.06. The van der Waals surface area contributed by atoms with Crippen molar-refractivity contribution in [1.82, 2.24) is 20.9 Å².